The molecule has 0 unspecified atom stereocenters. The molecule has 0 aliphatic carbocycles. The highest BCUT2D eigenvalue weighted by molar-refractivity contribution is 8.00. The molecule has 29 heavy (non-hydrogen) atoms. The summed E-state index contributed by atoms with van der Waals surface area (Å²) in [4.78, 5) is 13.2. The minimum Gasteiger partial charge on any atom is -0.494 e. The van der Waals surface area contributed by atoms with Crippen LogP contribution in [0.1, 0.15) is 24.4 Å². The first kappa shape index (κ1) is 19.6. The van der Waals surface area contributed by atoms with Crippen molar-refractivity contribution in [3.8, 4) is 5.75 Å². The number of hydrogen-bond donors (Lipinski definition) is 2. The van der Waals surface area contributed by atoms with E-state index in [9.17, 15) is 4.79 Å². The van der Waals surface area contributed by atoms with Crippen molar-refractivity contribution in [1.29, 1.82) is 0 Å². The summed E-state index contributed by atoms with van der Waals surface area (Å²) in [5.41, 5.74) is 5.00. The number of benzene rings is 2. The first-order chi connectivity index (χ1) is 14.0. The number of nitrogens with zero attached hydrogens (tertiary/aromatic N) is 3. The van der Waals surface area contributed by atoms with Crippen molar-refractivity contribution in [2.24, 2.45) is 0 Å². The van der Waals surface area contributed by atoms with Gasteiger partial charge in [-0.25, -0.2) is 4.68 Å². The first-order valence-corrected chi connectivity index (χ1v) is 10.5. The Morgan fingerprint density at radius 3 is 2.79 bits per heavy atom. The summed E-state index contributed by atoms with van der Waals surface area (Å²) in [6.45, 7) is 4.41. The van der Waals surface area contributed by atoms with Crippen molar-refractivity contribution < 1.29 is 9.53 Å². The smallest absolute Gasteiger partial charge is 0.240 e. The first-order valence-electron chi connectivity index (χ1n) is 9.19. The van der Waals surface area contributed by atoms with E-state index in [2.05, 4.69) is 20.9 Å². The van der Waals surface area contributed by atoms with E-state index in [1.54, 1.807) is 18.2 Å². The molecule has 1 aromatic heterocycles. The van der Waals surface area contributed by atoms with Gasteiger partial charge in [-0.15, -0.1) is 10.2 Å². The summed E-state index contributed by atoms with van der Waals surface area (Å²) in [5.74, 6) is 1.38. The number of aromatic nitrogens is 3. The highest BCUT2D eigenvalue weighted by atomic mass is 35.5. The fourth-order valence-electron chi connectivity index (χ4n) is 3.13. The molecule has 3 aromatic rings. The van der Waals surface area contributed by atoms with E-state index in [1.807, 2.05) is 48.9 Å². The van der Waals surface area contributed by atoms with E-state index < -0.39 is 5.25 Å². The monoisotopic (exact) mass is 429 g/mol. The zero-order valence-corrected chi connectivity index (χ0v) is 17.5. The summed E-state index contributed by atoms with van der Waals surface area (Å²) in [6, 6.07) is 14.6. The number of hydrogen-bond acceptors (Lipinski definition) is 6. The largest absolute Gasteiger partial charge is 0.494 e. The van der Waals surface area contributed by atoms with Crippen LogP contribution in [0.3, 0.4) is 0 Å². The predicted octanol–water partition coefficient (Wildman–Crippen LogP) is 4.04. The van der Waals surface area contributed by atoms with Gasteiger partial charge in [-0.2, -0.15) is 0 Å². The lowest BCUT2D eigenvalue weighted by atomic mass is 10.0. The molecule has 2 N–H and O–H groups in total. The molecular weight excluding hydrogens is 410 g/mol. The van der Waals surface area contributed by atoms with Crippen LogP contribution in [-0.2, 0) is 4.79 Å². The van der Waals surface area contributed by atoms with Crippen LogP contribution >= 0.6 is 23.4 Å². The Kier molecular flexibility index (Phi) is 5.64. The van der Waals surface area contributed by atoms with Gasteiger partial charge in [0.05, 0.1) is 12.6 Å². The van der Waals surface area contributed by atoms with Gasteiger partial charge in [0.15, 0.2) is 0 Å². The molecule has 1 aliphatic heterocycles. The summed E-state index contributed by atoms with van der Waals surface area (Å²) in [7, 11) is 0. The van der Waals surface area contributed by atoms with Gasteiger partial charge in [0, 0.05) is 10.7 Å². The van der Waals surface area contributed by atoms with Crippen molar-refractivity contribution in [2.75, 3.05) is 17.3 Å². The number of fused-ring (bicyclic) bond motifs is 1. The second-order valence-corrected chi connectivity index (χ2v) is 8.06. The second kappa shape index (κ2) is 8.34. The van der Waals surface area contributed by atoms with Gasteiger partial charge in [-0.05, 0) is 49.7 Å². The van der Waals surface area contributed by atoms with Crippen LogP contribution in [0.5, 0.6) is 5.75 Å². The van der Waals surface area contributed by atoms with Crippen LogP contribution in [0.15, 0.2) is 53.7 Å². The van der Waals surface area contributed by atoms with E-state index in [0.717, 1.165) is 17.1 Å². The van der Waals surface area contributed by atoms with Gasteiger partial charge >= 0.3 is 0 Å². The average Bonchev–Trinajstić information content (AvgIpc) is 3.08. The number of ether oxygens (including phenoxy) is 1. The highest BCUT2D eigenvalue weighted by Gasteiger charge is 2.37. The van der Waals surface area contributed by atoms with Crippen LogP contribution in [0.25, 0.3) is 0 Å². The molecule has 1 amide bonds. The van der Waals surface area contributed by atoms with Crippen molar-refractivity contribution >= 4 is 35.0 Å². The number of halogens is 1. The van der Waals surface area contributed by atoms with Crippen LogP contribution in [0.2, 0.25) is 5.02 Å². The lowest BCUT2D eigenvalue weighted by Gasteiger charge is -2.32. The van der Waals surface area contributed by atoms with E-state index in [-0.39, 0.29) is 11.9 Å². The van der Waals surface area contributed by atoms with Crippen LogP contribution in [0, 0.1) is 6.92 Å². The van der Waals surface area contributed by atoms with Gasteiger partial charge in [0.2, 0.25) is 11.1 Å². The number of nitrogens with one attached hydrogen (secondary N) is 2. The predicted molar refractivity (Wildman–Crippen MR) is 114 cm³/mol. The molecule has 0 bridgehead atoms. The van der Waals surface area contributed by atoms with Gasteiger partial charge in [0.1, 0.15) is 16.8 Å². The number of anilines is 1. The Bertz CT molecular complexity index is 1020. The Morgan fingerprint density at radius 1 is 1.28 bits per heavy atom. The molecule has 0 saturated carbocycles. The van der Waals surface area contributed by atoms with E-state index in [1.165, 1.54) is 11.8 Å². The minimum absolute atomic E-state index is 0.143. The van der Waals surface area contributed by atoms with E-state index >= 15 is 0 Å². The van der Waals surface area contributed by atoms with Crippen molar-refractivity contribution in [3.05, 3.63) is 64.9 Å². The quantitative estimate of drug-likeness (QED) is 0.637. The third kappa shape index (κ3) is 4.18. The standard InChI is InChI=1S/C20H20ClN5O2S/c1-3-28-16-9-7-13(8-10-16)17-18(29-20-24-23-12(2)26(20)25-17)19(27)22-15-6-4-5-14(21)11-15/h4-11,17-18,25H,3H2,1-2H3,(H,22,27)/t17-,18+/m0/s1. The maximum Gasteiger partial charge on any atom is 0.240 e. The highest BCUT2D eigenvalue weighted by Crippen LogP contribution is 2.38. The van der Waals surface area contributed by atoms with Gasteiger partial charge in [0.25, 0.3) is 0 Å². The topological polar surface area (TPSA) is 81.1 Å². The molecule has 2 heterocycles. The molecule has 0 spiro atoms. The van der Waals surface area contributed by atoms with Crippen LogP contribution < -0.4 is 15.5 Å². The average molecular weight is 430 g/mol. The Hall–Kier alpha value is -2.71. The molecule has 2 atom stereocenters. The third-order valence-corrected chi connectivity index (χ3v) is 5.95. The fourth-order valence-corrected chi connectivity index (χ4v) is 4.44. The third-order valence-electron chi connectivity index (χ3n) is 4.50. The van der Waals surface area contributed by atoms with Crippen molar-refractivity contribution in [3.63, 3.8) is 0 Å². The molecule has 9 heteroatoms. The Labute approximate surface area is 177 Å². The number of carbonyl (C=O) groups is 1. The summed E-state index contributed by atoms with van der Waals surface area (Å²) < 4.78 is 7.35. The normalized spacial score (nSPS) is 17.9. The lowest BCUT2D eigenvalue weighted by Crippen LogP contribution is -2.41. The summed E-state index contributed by atoms with van der Waals surface area (Å²) >= 11 is 7.42. The van der Waals surface area contributed by atoms with Crippen molar-refractivity contribution in [1.82, 2.24) is 14.9 Å². The molecule has 4 rings (SSSR count). The van der Waals surface area contributed by atoms with Gasteiger partial charge in [-0.3, -0.25) is 4.79 Å². The molecule has 0 radical (unpaired) electrons. The molecule has 0 fully saturated rings. The van der Waals surface area contributed by atoms with Crippen LogP contribution in [-0.4, -0.2) is 32.6 Å². The van der Waals surface area contributed by atoms with Gasteiger partial charge in [-0.1, -0.05) is 41.6 Å². The zero-order chi connectivity index (χ0) is 20.4. The number of rotatable bonds is 5. The lowest BCUT2D eigenvalue weighted by molar-refractivity contribution is -0.116. The number of carbonyl (C=O) groups excluding carboxylic acids is 1. The molecule has 2 aromatic carbocycles. The fraction of sp³-hybridized carbons (Fsp3) is 0.250. The molecule has 7 nitrogen and oxygen atoms in total. The maximum atomic E-state index is 13.2. The van der Waals surface area contributed by atoms with Crippen LogP contribution in [0.4, 0.5) is 5.69 Å². The molecular formula is C20H20ClN5O2S. The Balaban J connectivity index is 1.64. The van der Waals surface area contributed by atoms with E-state index in [0.29, 0.717) is 22.5 Å². The second-order valence-electron chi connectivity index (χ2n) is 6.51. The number of amides is 1. The van der Waals surface area contributed by atoms with E-state index in [4.69, 9.17) is 16.3 Å². The molecule has 150 valence electrons. The Morgan fingerprint density at radius 2 is 2.07 bits per heavy atom. The molecule has 1 aliphatic rings. The maximum absolute atomic E-state index is 13.2. The summed E-state index contributed by atoms with van der Waals surface area (Å²) in [6.07, 6.45) is 0. The number of thioether (sulfide) groups is 1. The van der Waals surface area contributed by atoms with Gasteiger partial charge < -0.3 is 15.5 Å². The SMILES string of the molecule is CCOc1ccc([C@@H]2Nn3c(C)nnc3S[C@H]2C(=O)Nc2cccc(Cl)c2)cc1. The summed E-state index contributed by atoms with van der Waals surface area (Å²) in [5, 5.41) is 12.0. The minimum atomic E-state index is -0.456. The number of aryl methyl sites for hydroxylation is 1. The molecule has 0 saturated heterocycles. The van der Waals surface area contributed by atoms with Crippen molar-refractivity contribution in [2.45, 2.75) is 30.3 Å². The zero-order valence-electron chi connectivity index (χ0n) is 15.9.